The molecule has 1 aromatic rings. The molecule has 2 heteroatoms. The van der Waals surface area contributed by atoms with Gasteiger partial charge in [0, 0.05) is 29.7 Å². The Morgan fingerprint density at radius 3 is 2.44 bits per heavy atom. The SMILES string of the molecule is O=C1CCN=C(c2ccccc2)C2=CCCC=C12. The number of rotatable bonds is 1. The molecule has 0 fully saturated rings. The van der Waals surface area contributed by atoms with Crippen LogP contribution in [0.3, 0.4) is 0 Å². The Morgan fingerprint density at radius 1 is 0.944 bits per heavy atom. The highest BCUT2D eigenvalue weighted by Crippen LogP contribution is 2.27. The van der Waals surface area contributed by atoms with Crippen LogP contribution >= 0.6 is 0 Å². The van der Waals surface area contributed by atoms with Crippen molar-refractivity contribution >= 4 is 11.5 Å². The number of benzene rings is 1. The van der Waals surface area contributed by atoms with Crippen LogP contribution in [0.15, 0.2) is 58.6 Å². The van der Waals surface area contributed by atoms with Crippen LogP contribution in [-0.2, 0) is 4.79 Å². The van der Waals surface area contributed by atoms with E-state index in [4.69, 9.17) is 0 Å². The van der Waals surface area contributed by atoms with Crippen LogP contribution in [0.4, 0.5) is 0 Å². The fourth-order valence-electron chi connectivity index (χ4n) is 2.50. The van der Waals surface area contributed by atoms with Gasteiger partial charge in [-0.2, -0.15) is 0 Å². The number of aliphatic imine (C=N–C) groups is 1. The predicted octanol–water partition coefficient (Wildman–Crippen LogP) is 3.10. The molecule has 18 heavy (non-hydrogen) atoms. The first-order valence-corrected chi connectivity index (χ1v) is 6.40. The molecule has 0 atom stereocenters. The van der Waals surface area contributed by atoms with Gasteiger partial charge in [-0.3, -0.25) is 9.79 Å². The molecule has 0 radical (unpaired) electrons. The highest BCUT2D eigenvalue weighted by molar-refractivity contribution is 6.22. The number of fused-ring (bicyclic) bond motifs is 1. The lowest BCUT2D eigenvalue weighted by atomic mass is 9.88. The van der Waals surface area contributed by atoms with E-state index in [-0.39, 0.29) is 5.78 Å². The zero-order valence-corrected chi connectivity index (χ0v) is 10.2. The van der Waals surface area contributed by atoms with Crippen LogP contribution in [-0.4, -0.2) is 18.0 Å². The summed E-state index contributed by atoms with van der Waals surface area (Å²) in [7, 11) is 0. The molecule has 0 amide bonds. The first-order valence-electron chi connectivity index (χ1n) is 6.40. The summed E-state index contributed by atoms with van der Waals surface area (Å²) in [6.07, 6.45) is 6.72. The Balaban J connectivity index is 2.09. The van der Waals surface area contributed by atoms with Gasteiger partial charge in [0.1, 0.15) is 0 Å². The van der Waals surface area contributed by atoms with Crippen molar-refractivity contribution in [3.8, 4) is 0 Å². The van der Waals surface area contributed by atoms with Gasteiger partial charge in [0.15, 0.2) is 5.78 Å². The molecule has 0 unspecified atom stereocenters. The second-order valence-corrected chi connectivity index (χ2v) is 4.58. The Morgan fingerprint density at radius 2 is 1.67 bits per heavy atom. The molecular weight excluding hydrogens is 222 g/mol. The van der Waals surface area contributed by atoms with E-state index < -0.39 is 0 Å². The average Bonchev–Trinajstić information content (AvgIpc) is 2.60. The van der Waals surface area contributed by atoms with Crippen LogP contribution < -0.4 is 0 Å². The third-order valence-electron chi connectivity index (χ3n) is 3.37. The molecule has 0 aromatic heterocycles. The zero-order valence-electron chi connectivity index (χ0n) is 10.2. The molecule has 1 aliphatic carbocycles. The maximum Gasteiger partial charge on any atom is 0.165 e. The van der Waals surface area contributed by atoms with Crippen molar-refractivity contribution in [3.63, 3.8) is 0 Å². The van der Waals surface area contributed by atoms with Crippen molar-refractivity contribution in [3.05, 3.63) is 59.2 Å². The summed E-state index contributed by atoms with van der Waals surface area (Å²) in [5.74, 6) is 0.232. The van der Waals surface area contributed by atoms with Gasteiger partial charge in [-0.25, -0.2) is 0 Å². The monoisotopic (exact) mass is 237 g/mol. The van der Waals surface area contributed by atoms with E-state index in [1.165, 1.54) is 0 Å². The van der Waals surface area contributed by atoms with E-state index >= 15 is 0 Å². The number of nitrogens with zero attached hydrogens (tertiary/aromatic N) is 1. The summed E-state index contributed by atoms with van der Waals surface area (Å²) in [6, 6.07) is 10.1. The van der Waals surface area contributed by atoms with Crippen LogP contribution in [0.1, 0.15) is 24.8 Å². The third-order valence-corrected chi connectivity index (χ3v) is 3.37. The number of Topliss-reactive ketones (excluding diaryl/α,β-unsaturated/α-hetero) is 1. The van der Waals surface area contributed by atoms with E-state index in [9.17, 15) is 4.79 Å². The van der Waals surface area contributed by atoms with Crippen LogP contribution in [0.25, 0.3) is 0 Å². The van der Waals surface area contributed by atoms with Crippen molar-refractivity contribution < 1.29 is 4.79 Å². The molecule has 0 saturated heterocycles. The minimum atomic E-state index is 0.232. The molecule has 0 spiro atoms. The number of carbonyl (C=O) groups is 1. The molecule has 90 valence electrons. The van der Waals surface area contributed by atoms with Crippen molar-refractivity contribution in [1.82, 2.24) is 0 Å². The number of allylic oxidation sites excluding steroid dienone is 4. The normalized spacial score (nSPS) is 19.3. The van der Waals surface area contributed by atoms with Gasteiger partial charge >= 0.3 is 0 Å². The maximum absolute atomic E-state index is 12.0. The van der Waals surface area contributed by atoms with Gasteiger partial charge in [0.25, 0.3) is 0 Å². The highest BCUT2D eigenvalue weighted by atomic mass is 16.1. The largest absolute Gasteiger partial charge is 0.294 e. The van der Waals surface area contributed by atoms with Gasteiger partial charge in [0.2, 0.25) is 0 Å². The van der Waals surface area contributed by atoms with E-state index in [2.05, 4.69) is 29.3 Å². The number of carbonyl (C=O) groups excluding carboxylic acids is 1. The van der Waals surface area contributed by atoms with Gasteiger partial charge in [-0.1, -0.05) is 42.5 Å². The van der Waals surface area contributed by atoms with Crippen molar-refractivity contribution in [2.24, 2.45) is 4.99 Å². The van der Waals surface area contributed by atoms with Crippen molar-refractivity contribution in [2.75, 3.05) is 6.54 Å². The van der Waals surface area contributed by atoms with E-state index in [0.717, 1.165) is 35.3 Å². The van der Waals surface area contributed by atoms with Crippen LogP contribution in [0.5, 0.6) is 0 Å². The van der Waals surface area contributed by atoms with Gasteiger partial charge in [-0.15, -0.1) is 0 Å². The minimum absolute atomic E-state index is 0.232. The summed E-state index contributed by atoms with van der Waals surface area (Å²) in [5, 5.41) is 0. The molecule has 2 aliphatic rings. The quantitative estimate of drug-likeness (QED) is 0.738. The molecule has 1 aromatic carbocycles. The minimum Gasteiger partial charge on any atom is -0.294 e. The van der Waals surface area contributed by atoms with Crippen molar-refractivity contribution in [1.29, 1.82) is 0 Å². The van der Waals surface area contributed by atoms with Crippen LogP contribution in [0.2, 0.25) is 0 Å². The van der Waals surface area contributed by atoms with Crippen molar-refractivity contribution in [2.45, 2.75) is 19.3 Å². The zero-order chi connectivity index (χ0) is 12.4. The molecule has 0 N–H and O–H groups in total. The molecule has 0 saturated carbocycles. The molecule has 2 nitrogen and oxygen atoms in total. The Labute approximate surface area is 107 Å². The Kier molecular flexibility index (Phi) is 2.93. The lowest BCUT2D eigenvalue weighted by molar-refractivity contribution is -0.115. The second-order valence-electron chi connectivity index (χ2n) is 4.58. The van der Waals surface area contributed by atoms with E-state index in [1.807, 2.05) is 18.2 Å². The Hall–Kier alpha value is -1.96. The lowest BCUT2D eigenvalue weighted by Crippen LogP contribution is -2.12. The summed E-state index contributed by atoms with van der Waals surface area (Å²) >= 11 is 0. The molecule has 1 heterocycles. The first-order chi connectivity index (χ1) is 8.86. The van der Waals surface area contributed by atoms with Crippen LogP contribution in [0, 0.1) is 0 Å². The van der Waals surface area contributed by atoms with Gasteiger partial charge in [0.05, 0.1) is 5.71 Å². The highest BCUT2D eigenvalue weighted by Gasteiger charge is 2.23. The lowest BCUT2D eigenvalue weighted by Gasteiger charge is -2.15. The molecular formula is C16H15NO. The van der Waals surface area contributed by atoms with Gasteiger partial charge in [-0.05, 0) is 12.8 Å². The van der Waals surface area contributed by atoms with E-state index in [1.54, 1.807) is 0 Å². The number of hydrogen-bond donors (Lipinski definition) is 0. The summed E-state index contributed by atoms with van der Waals surface area (Å²) < 4.78 is 0. The number of ketones is 1. The van der Waals surface area contributed by atoms with Gasteiger partial charge < -0.3 is 0 Å². The molecule has 3 rings (SSSR count). The average molecular weight is 237 g/mol. The second kappa shape index (κ2) is 4.73. The predicted molar refractivity (Wildman–Crippen MR) is 72.9 cm³/mol. The summed E-state index contributed by atoms with van der Waals surface area (Å²) in [6.45, 7) is 0.595. The smallest absolute Gasteiger partial charge is 0.165 e. The molecule has 1 aliphatic heterocycles. The first kappa shape index (κ1) is 11.1. The maximum atomic E-state index is 12.0. The topological polar surface area (TPSA) is 29.4 Å². The summed E-state index contributed by atoms with van der Waals surface area (Å²) in [4.78, 5) is 16.7. The fourth-order valence-corrected chi connectivity index (χ4v) is 2.50. The summed E-state index contributed by atoms with van der Waals surface area (Å²) in [5.41, 5.74) is 4.00. The molecule has 0 bridgehead atoms. The Bertz CT molecular complexity index is 564. The standard InChI is InChI=1S/C16H15NO/c18-15-10-11-17-16(12-6-2-1-3-7-12)14-9-5-4-8-13(14)15/h1-3,6-9H,4-5,10-11H2. The third kappa shape index (κ3) is 1.94. The van der Waals surface area contributed by atoms with E-state index in [0.29, 0.717) is 13.0 Å². The fraction of sp³-hybridized carbons (Fsp3) is 0.250. The number of hydrogen-bond acceptors (Lipinski definition) is 2.